The monoisotopic (exact) mass is 544 g/mol. The van der Waals surface area contributed by atoms with Crippen LogP contribution in [0.3, 0.4) is 0 Å². The third-order valence-electron chi connectivity index (χ3n) is 7.22. The van der Waals surface area contributed by atoms with E-state index < -0.39 is 10.0 Å². The summed E-state index contributed by atoms with van der Waals surface area (Å²) in [5, 5.41) is 8.38. The second kappa shape index (κ2) is 11.4. The molecule has 3 aromatic heterocycles. The first-order valence-electron chi connectivity index (χ1n) is 12.7. The minimum Gasteiger partial charge on any atom is -0.367 e. The highest BCUT2D eigenvalue weighted by Gasteiger charge is 2.24. The first-order valence-corrected chi connectivity index (χ1v) is 15.0. The Balaban J connectivity index is 1.04. The second-order valence-electron chi connectivity index (χ2n) is 9.97. The van der Waals surface area contributed by atoms with Crippen LogP contribution in [0.25, 0.3) is 10.9 Å². The molecular formula is C25H33ClN8O2S. The Hall–Kier alpha value is -2.60. The average molecular weight is 545 g/mol. The molecule has 0 amide bonds. The Kier molecular flexibility index (Phi) is 8.04. The minimum atomic E-state index is -3.11. The van der Waals surface area contributed by atoms with Crippen molar-refractivity contribution in [1.82, 2.24) is 29.1 Å². The topological polar surface area (TPSA) is 116 Å². The lowest BCUT2D eigenvalue weighted by molar-refractivity contribution is 0.182. The van der Waals surface area contributed by atoms with Crippen LogP contribution < -0.4 is 10.6 Å². The predicted octanol–water partition coefficient (Wildman–Crippen LogP) is 3.23. The van der Waals surface area contributed by atoms with Crippen LogP contribution in [0.1, 0.15) is 31.2 Å². The molecular weight excluding hydrogens is 512 g/mol. The van der Waals surface area contributed by atoms with Crippen molar-refractivity contribution in [3.63, 3.8) is 0 Å². The number of hydrogen-bond acceptors (Lipinski definition) is 9. The standard InChI is InChI=1S/C25H33ClN8O2S/c1-37(35,36)34-12-10-33(11-13-34)17-19-15-29-25(30-16-19)28-14-18-2-5-21(6-3-18)31-22-7-4-20-8-9-27-24(26)23(20)32-22/h4,7-9,15-16,18,21H,2-3,5-6,10-14,17H2,1H3,(H,31,32)(H,28,29,30)/t18-,21-. The molecule has 198 valence electrons. The maximum Gasteiger partial charge on any atom is 0.222 e. The Morgan fingerprint density at radius 2 is 1.73 bits per heavy atom. The van der Waals surface area contributed by atoms with Crippen molar-refractivity contribution in [2.75, 3.05) is 49.6 Å². The largest absolute Gasteiger partial charge is 0.367 e. The van der Waals surface area contributed by atoms with E-state index in [0.29, 0.717) is 49.2 Å². The number of aromatic nitrogens is 4. The van der Waals surface area contributed by atoms with Gasteiger partial charge in [-0.2, -0.15) is 4.31 Å². The van der Waals surface area contributed by atoms with Crippen LogP contribution in [0, 0.1) is 5.92 Å². The van der Waals surface area contributed by atoms with E-state index in [1.54, 1.807) is 6.20 Å². The zero-order valence-electron chi connectivity index (χ0n) is 21.0. The molecule has 1 aliphatic heterocycles. The van der Waals surface area contributed by atoms with Crippen LogP contribution in [0.5, 0.6) is 0 Å². The van der Waals surface area contributed by atoms with Crippen molar-refractivity contribution in [1.29, 1.82) is 0 Å². The van der Waals surface area contributed by atoms with Gasteiger partial charge in [-0.3, -0.25) is 4.90 Å². The number of halogens is 1. The van der Waals surface area contributed by atoms with Gasteiger partial charge in [-0.15, -0.1) is 0 Å². The summed E-state index contributed by atoms with van der Waals surface area (Å²) in [6.45, 7) is 4.07. The molecule has 2 fully saturated rings. The summed E-state index contributed by atoms with van der Waals surface area (Å²) >= 11 is 6.21. The highest BCUT2D eigenvalue weighted by atomic mass is 35.5. The van der Waals surface area contributed by atoms with Gasteiger partial charge in [0.2, 0.25) is 16.0 Å². The first kappa shape index (κ1) is 26.0. The lowest BCUT2D eigenvalue weighted by Gasteiger charge is -2.33. The van der Waals surface area contributed by atoms with Crippen molar-refractivity contribution in [2.24, 2.45) is 5.92 Å². The van der Waals surface area contributed by atoms with Crippen molar-refractivity contribution >= 4 is 44.3 Å². The second-order valence-corrected chi connectivity index (χ2v) is 12.3. The van der Waals surface area contributed by atoms with Gasteiger partial charge in [0, 0.05) is 74.9 Å². The number of rotatable bonds is 8. The van der Waals surface area contributed by atoms with Crippen LogP contribution in [0.4, 0.5) is 11.8 Å². The molecule has 0 bridgehead atoms. The number of nitrogens with one attached hydrogen (secondary N) is 2. The number of hydrogen-bond donors (Lipinski definition) is 2. The lowest BCUT2D eigenvalue weighted by Crippen LogP contribution is -2.47. The average Bonchev–Trinajstić information content (AvgIpc) is 2.89. The zero-order valence-corrected chi connectivity index (χ0v) is 22.5. The van der Waals surface area contributed by atoms with Gasteiger partial charge in [0.15, 0.2) is 5.15 Å². The van der Waals surface area contributed by atoms with E-state index in [1.165, 1.54) is 10.6 Å². The lowest BCUT2D eigenvalue weighted by atomic mass is 9.86. The molecule has 0 atom stereocenters. The molecule has 2 aliphatic rings. The fourth-order valence-electron chi connectivity index (χ4n) is 5.06. The predicted molar refractivity (Wildman–Crippen MR) is 146 cm³/mol. The third kappa shape index (κ3) is 6.84. The minimum absolute atomic E-state index is 0.395. The summed E-state index contributed by atoms with van der Waals surface area (Å²) in [6, 6.07) is 6.34. The Bertz CT molecular complexity index is 1310. The number of fused-ring (bicyclic) bond motifs is 1. The molecule has 0 spiro atoms. The number of nitrogens with zero attached hydrogens (tertiary/aromatic N) is 6. The molecule has 3 aromatic rings. The summed E-state index contributed by atoms with van der Waals surface area (Å²) in [5.74, 6) is 2.07. The first-order chi connectivity index (χ1) is 17.8. The molecule has 5 rings (SSSR count). The fraction of sp³-hybridized carbons (Fsp3) is 0.520. The van der Waals surface area contributed by atoms with Crippen molar-refractivity contribution in [3.05, 3.63) is 47.5 Å². The summed E-state index contributed by atoms with van der Waals surface area (Å²) in [4.78, 5) is 20.0. The van der Waals surface area contributed by atoms with Crippen molar-refractivity contribution < 1.29 is 8.42 Å². The van der Waals surface area contributed by atoms with E-state index in [0.717, 1.165) is 61.1 Å². The normalized spacial score (nSPS) is 21.7. The summed E-state index contributed by atoms with van der Waals surface area (Å²) in [7, 11) is -3.11. The molecule has 0 radical (unpaired) electrons. The van der Waals surface area contributed by atoms with Gasteiger partial charge in [0.1, 0.15) is 11.3 Å². The Labute approximate surface area is 222 Å². The van der Waals surface area contributed by atoms with Crippen LogP contribution >= 0.6 is 11.6 Å². The number of sulfonamides is 1. The SMILES string of the molecule is CS(=O)(=O)N1CCN(Cc2cnc(NC[C@H]3CC[C@H](Nc4ccc5ccnc(Cl)c5n4)CC3)nc2)CC1. The molecule has 1 aliphatic carbocycles. The maximum atomic E-state index is 11.7. The van der Waals surface area contributed by atoms with Gasteiger partial charge in [0.05, 0.1) is 6.26 Å². The van der Waals surface area contributed by atoms with Crippen molar-refractivity contribution in [3.8, 4) is 0 Å². The quantitative estimate of drug-likeness (QED) is 0.412. The van der Waals surface area contributed by atoms with Crippen LogP contribution in [0.2, 0.25) is 5.15 Å². The fourth-order valence-corrected chi connectivity index (χ4v) is 6.09. The molecule has 37 heavy (non-hydrogen) atoms. The van der Waals surface area contributed by atoms with Crippen LogP contribution in [-0.4, -0.2) is 82.6 Å². The van der Waals surface area contributed by atoms with Gasteiger partial charge in [-0.25, -0.2) is 28.4 Å². The van der Waals surface area contributed by atoms with E-state index in [-0.39, 0.29) is 0 Å². The summed E-state index contributed by atoms with van der Waals surface area (Å²) in [6.07, 6.45) is 11.1. The third-order valence-corrected chi connectivity index (χ3v) is 8.80. The van der Waals surface area contributed by atoms with Gasteiger partial charge in [-0.05, 0) is 49.8 Å². The molecule has 2 N–H and O–H groups in total. The van der Waals surface area contributed by atoms with Crippen LogP contribution in [-0.2, 0) is 16.6 Å². The smallest absolute Gasteiger partial charge is 0.222 e. The molecule has 10 nitrogen and oxygen atoms in total. The van der Waals surface area contributed by atoms with E-state index in [2.05, 4.69) is 35.5 Å². The van der Waals surface area contributed by atoms with Crippen LogP contribution in [0.15, 0.2) is 36.8 Å². The molecule has 0 aromatic carbocycles. The highest BCUT2D eigenvalue weighted by Crippen LogP contribution is 2.28. The number of pyridine rings is 2. The molecule has 0 unspecified atom stereocenters. The summed E-state index contributed by atoms with van der Waals surface area (Å²) < 4.78 is 24.9. The summed E-state index contributed by atoms with van der Waals surface area (Å²) in [5.41, 5.74) is 1.76. The molecule has 12 heteroatoms. The zero-order chi connectivity index (χ0) is 25.8. The highest BCUT2D eigenvalue weighted by molar-refractivity contribution is 7.88. The number of anilines is 2. The Morgan fingerprint density at radius 3 is 2.43 bits per heavy atom. The van der Waals surface area contributed by atoms with Gasteiger partial charge >= 0.3 is 0 Å². The van der Waals surface area contributed by atoms with Crippen molar-refractivity contribution in [2.45, 2.75) is 38.3 Å². The van der Waals surface area contributed by atoms with Gasteiger partial charge in [-0.1, -0.05) is 11.6 Å². The van der Waals surface area contributed by atoms with Gasteiger partial charge in [0.25, 0.3) is 0 Å². The molecule has 1 saturated carbocycles. The maximum absolute atomic E-state index is 11.7. The van der Waals surface area contributed by atoms with E-state index in [4.69, 9.17) is 11.6 Å². The van der Waals surface area contributed by atoms with E-state index >= 15 is 0 Å². The molecule has 4 heterocycles. The van der Waals surface area contributed by atoms with E-state index in [9.17, 15) is 8.42 Å². The van der Waals surface area contributed by atoms with Gasteiger partial charge < -0.3 is 10.6 Å². The Morgan fingerprint density at radius 1 is 1.00 bits per heavy atom. The molecule has 1 saturated heterocycles. The number of piperazine rings is 1. The van der Waals surface area contributed by atoms with E-state index in [1.807, 2.05) is 30.6 Å².